The molecule has 1 atom stereocenters. The van der Waals surface area contributed by atoms with E-state index in [0.717, 1.165) is 43.9 Å². The van der Waals surface area contributed by atoms with Crippen molar-refractivity contribution >= 4 is 17.6 Å². The van der Waals surface area contributed by atoms with E-state index in [1.165, 1.54) is 0 Å². The number of nitrogens with one attached hydrogen (secondary N) is 2. The molecule has 5 nitrogen and oxygen atoms in total. The van der Waals surface area contributed by atoms with E-state index in [4.69, 9.17) is 0 Å². The summed E-state index contributed by atoms with van der Waals surface area (Å²) in [4.78, 5) is 26.8. The van der Waals surface area contributed by atoms with Crippen LogP contribution in [0.25, 0.3) is 0 Å². The maximum absolute atomic E-state index is 13.8. The molecule has 3 amide bonds. The third kappa shape index (κ3) is 3.66. The Bertz CT molecular complexity index is 702. The number of anilines is 1. The zero-order valence-electron chi connectivity index (χ0n) is 15.1. The first kappa shape index (κ1) is 18.6. The Labute approximate surface area is 152 Å². The molecule has 2 N–H and O–H groups in total. The Hall–Kier alpha value is -2.18. The predicted molar refractivity (Wildman–Crippen MR) is 94.6 cm³/mol. The Morgan fingerprint density at radius 3 is 2.58 bits per heavy atom. The van der Waals surface area contributed by atoms with Gasteiger partial charge >= 0.3 is 6.03 Å². The number of urea groups is 1. The lowest BCUT2D eigenvalue weighted by Crippen LogP contribution is -2.42. The summed E-state index contributed by atoms with van der Waals surface area (Å²) in [7, 11) is 0. The van der Waals surface area contributed by atoms with E-state index in [9.17, 15) is 18.4 Å². The van der Waals surface area contributed by atoms with Crippen molar-refractivity contribution in [3.8, 4) is 0 Å². The zero-order chi connectivity index (χ0) is 18.9. The van der Waals surface area contributed by atoms with Crippen LogP contribution in [0.1, 0.15) is 39.5 Å². The molecular formula is C19H25F2N3O2. The van der Waals surface area contributed by atoms with Gasteiger partial charge in [0.1, 0.15) is 11.6 Å². The molecule has 142 valence electrons. The molecule has 1 aromatic carbocycles. The number of halogens is 2. The van der Waals surface area contributed by atoms with Crippen LogP contribution in [0.5, 0.6) is 0 Å². The van der Waals surface area contributed by atoms with Gasteiger partial charge in [-0.2, -0.15) is 0 Å². The number of nitrogens with zero attached hydrogens (tertiary/aromatic N) is 1. The van der Waals surface area contributed by atoms with Crippen molar-refractivity contribution in [1.29, 1.82) is 0 Å². The van der Waals surface area contributed by atoms with Crippen molar-refractivity contribution < 1.29 is 18.4 Å². The molecule has 0 radical (unpaired) electrons. The molecule has 26 heavy (non-hydrogen) atoms. The smallest absolute Gasteiger partial charge is 0.321 e. The summed E-state index contributed by atoms with van der Waals surface area (Å²) >= 11 is 0. The molecule has 7 heteroatoms. The van der Waals surface area contributed by atoms with Crippen LogP contribution in [0.3, 0.4) is 0 Å². The largest absolute Gasteiger partial charge is 0.354 e. The normalized spacial score (nSPS) is 21.4. The van der Waals surface area contributed by atoms with E-state index in [2.05, 4.69) is 10.6 Å². The lowest BCUT2D eigenvalue weighted by molar-refractivity contribution is -0.128. The molecule has 0 aromatic heterocycles. The van der Waals surface area contributed by atoms with Gasteiger partial charge in [0.15, 0.2) is 0 Å². The molecule has 1 heterocycles. The lowest BCUT2D eigenvalue weighted by atomic mass is 9.76. The van der Waals surface area contributed by atoms with E-state index in [0.29, 0.717) is 13.1 Å². The fourth-order valence-electron chi connectivity index (χ4n) is 4.24. The second kappa shape index (κ2) is 7.21. The Balaban J connectivity index is 1.75. The van der Waals surface area contributed by atoms with Crippen molar-refractivity contribution in [1.82, 2.24) is 10.2 Å². The van der Waals surface area contributed by atoms with Crippen molar-refractivity contribution in [2.75, 3.05) is 18.4 Å². The highest BCUT2D eigenvalue weighted by Gasteiger charge is 2.52. The number of benzene rings is 1. The first-order chi connectivity index (χ1) is 12.3. The van der Waals surface area contributed by atoms with Gasteiger partial charge in [0.25, 0.3) is 0 Å². The maximum Gasteiger partial charge on any atom is 0.321 e. The summed E-state index contributed by atoms with van der Waals surface area (Å²) in [6.45, 7) is 4.57. The van der Waals surface area contributed by atoms with Gasteiger partial charge in [0.05, 0.1) is 11.6 Å². The summed E-state index contributed by atoms with van der Waals surface area (Å²) in [6.07, 6.45) is 3.89. The number of amides is 3. The molecule has 2 fully saturated rings. The fraction of sp³-hybridized carbons (Fsp3) is 0.579. The van der Waals surface area contributed by atoms with Gasteiger partial charge in [-0.15, -0.1) is 0 Å². The summed E-state index contributed by atoms with van der Waals surface area (Å²) in [5.74, 6) is -1.61. The van der Waals surface area contributed by atoms with Crippen LogP contribution in [0.4, 0.5) is 19.3 Å². The number of carbonyl (C=O) groups is 2. The molecule has 1 aliphatic heterocycles. The van der Waals surface area contributed by atoms with E-state index in [1.54, 1.807) is 4.90 Å². The Kier molecular flexibility index (Phi) is 5.16. The van der Waals surface area contributed by atoms with Crippen molar-refractivity contribution in [3.05, 3.63) is 29.8 Å². The standard InChI is InChI=1S/C19H25F2N3O2/c1-12(2)22-17(25)14-10-24(11-19(14)7-3-4-8-19)18(26)23-16-9-13(20)5-6-15(16)21/h5-6,9,12,14H,3-4,7-8,10-11H2,1-2H3,(H,22,25)(H,23,26). The average molecular weight is 365 g/mol. The van der Waals surface area contributed by atoms with Crippen LogP contribution in [-0.4, -0.2) is 36.0 Å². The first-order valence-corrected chi connectivity index (χ1v) is 9.12. The summed E-state index contributed by atoms with van der Waals surface area (Å²) in [6, 6.07) is 2.47. The molecule has 1 saturated heterocycles. The SMILES string of the molecule is CC(C)NC(=O)C1CN(C(=O)Nc2cc(F)ccc2F)CC12CCCC2. The molecule has 1 unspecified atom stereocenters. The molecule has 2 aliphatic rings. The molecule has 1 aromatic rings. The van der Waals surface area contributed by atoms with Gasteiger partial charge < -0.3 is 15.5 Å². The molecule has 0 bridgehead atoms. The zero-order valence-corrected chi connectivity index (χ0v) is 15.1. The quantitative estimate of drug-likeness (QED) is 0.861. The van der Waals surface area contributed by atoms with Crippen molar-refractivity contribution in [3.63, 3.8) is 0 Å². The van der Waals surface area contributed by atoms with Crippen LogP contribution < -0.4 is 10.6 Å². The minimum Gasteiger partial charge on any atom is -0.354 e. The minimum atomic E-state index is -0.691. The van der Waals surface area contributed by atoms with Crippen LogP contribution in [0.2, 0.25) is 0 Å². The van der Waals surface area contributed by atoms with Gasteiger partial charge in [-0.25, -0.2) is 13.6 Å². The Morgan fingerprint density at radius 2 is 1.92 bits per heavy atom. The van der Waals surface area contributed by atoms with Gasteiger partial charge in [0, 0.05) is 30.6 Å². The average Bonchev–Trinajstić information content (AvgIpc) is 3.18. The number of rotatable bonds is 3. The molecular weight excluding hydrogens is 340 g/mol. The third-order valence-corrected chi connectivity index (χ3v) is 5.45. The highest BCUT2D eigenvalue weighted by atomic mass is 19.1. The number of hydrogen-bond acceptors (Lipinski definition) is 2. The highest BCUT2D eigenvalue weighted by Crippen LogP contribution is 2.49. The predicted octanol–water partition coefficient (Wildman–Crippen LogP) is 3.51. The highest BCUT2D eigenvalue weighted by molar-refractivity contribution is 5.91. The molecule has 1 spiro atoms. The molecule has 1 saturated carbocycles. The lowest BCUT2D eigenvalue weighted by Gasteiger charge is -2.29. The van der Waals surface area contributed by atoms with Gasteiger partial charge in [-0.3, -0.25) is 4.79 Å². The van der Waals surface area contributed by atoms with E-state index in [-0.39, 0.29) is 29.0 Å². The van der Waals surface area contributed by atoms with Gasteiger partial charge in [-0.1, -0.05) is 12.8 Å². The van der Waals surface area contributed by atoms with E-state index < -0.39 is 17.7 Å². The van der Waals surface area contributed by atoms with Gasteiger partial charge in [-0.05, 0) is 38.8 Å². The van der Waals surface area contributed by atoms with Crippen LogP contribution in [0.15, 0.2) is 18.2 Å². The first-order valence-electron chi connectivity index (χ1n) is 9.12. The van der Waals surface area contributed by atoms with Crippen molar-refractivity contribution in [2.24, 2.45) is 11.3 Å². The summed E-state index contributed by atoms with van der Waals surface area (Å²) in [5.41, 5.74) is -0.401. The second-order valence-electron chi connectivity index (χ2n) is 7.72. The third-order valence-electron chi connectivity index (χ3n) is 5.45. The number of carbonyl (C=O) groups excluding carboxylic acids is 2. The number of likely N-dealkylation sites (tertiary alicyclic amines) is 1. The van der Waals surface area contributed by atoms with Gasteiger partial charge in [0.2, 0.25) is 5.91 Å². The Morgan fingerprint density at radius 1 is 1.23 bits per heavy atom. The van der Waals surface area contributed by atoms with Crippen LogP contribution >= 0.6 is 0 Å². The monoisotopic (exact) mass is 365 g/mol. The molecule has 3 rings (SSSR count). The van der Waals surface area contributed by atoms with Crippen LogP contribution in [0, 0.1) is 23.0 Å². The van der Waals surface area contributed by atoms with Crippen LogP contribution in [-0.2, 0) is 4.79 Å². The topological polar surface area (TPSA) is 61.4 Å². The summed E-state index contributed by atoms with van der Waals surface area (Å²) < 4.78 is 27.1. The maximum atomic E-state index is 13.8. The second-order valence-corrected chi connectivity index (χ2v) is 7.72. The molecule has 1 aliphatic carbocycles. The fourth-order valence-corrected chi connectivity index (χ4v) is 4.24. The summed E-state index contributed by atoms with van der Waals surface area (Å²) in [5, 5.41) is 5.39. The minimum absolute atomic E-state index is 0.0326. The van der Waals surface area contributed by atoms with E-state index >= 15 is 0 Å². The van der Waals surface area contributed by atoms with Crippen molar-refractivity contribution in [2.45, 2.75) is 45.6 Å². The van der Waals surface area contributed by atoms with E-state index in [1.807, 2.05) is 13.8 Å². The number of hydrogen-bond donors (Lipinski definition) is 2.